The van der Waals surface area contributed by atoms with E-state index in [1.807, 2.05) is 25.2 Å². The molecule has 0 saturated heterocycles. The molecule has 0 bridgehead atoms. The maximum atomic E-state index is 9.17. The molecule has 0 aliphatic carbocycles. The van der Waals surface area contributed by atoms with Gasteiger partial charge in [-0.05, 0) is 23.8 Å². The molecule has 1 aromatic carbocycles. The van der Waals surface area contributed by atoms with Gasteiger partial charge in [0.1, 0.15) is 5.75 Å². The molecule has 15 heavy (non-hydrogen) atoms. The van der Waals surface area contributed by atoms with E-state index in [-0.39, 0.29) is 11.8 Å². The number of benzene rings is 1. The average Bonchev–Trinajstić information content (AvgIpc) is 2.65. The van der Waals surface area contributed by atoms with Crippen molar-refractivity contribution in [3.63, 3.8) is 0 Å². The Balaban J connectivity index is 2.32. The molecular weight excluding hydrogens is 190 g/mol. The van der Waals surface area contributed by atoms with E-state index in [9.17, 15) is 0 Å². The molecule has 1 unspecified atom stereocenters. The fraction of sp³-hybridized carbons (Fsp3) is 0.182. The second-order valence-corrected chi connectivity index (χ2v) is 3.45. The van der Waals surface area contributed by atoms with Crippen molar-refractivity contribution < 1.29 is 5.11 Å². The topological polar surface area (TPSA) is 64.1 Å². The van der Waals surface area contributed by atoms with Crippen molar-refractivity contribution in [1.29, 1.82) is 0 Å². The van der Waals surface area contributed by atoms with Crippen LogP contribution in [-0.4, -0.2) is 14.9 Å². The number of aromatic nitrogens is 2. The van der Waals surface area contributed by atoms with Gasteiger partial charge in [0.15, 0.2) is 0 Å². The molecule has 0 spiro atoms. The first-order chi connectivity index (χ1) is 7.18. The van der Waals surface area contributed by atoms with Gasteiger partial charge in [0.05, 0.1) is 11.7 Å². The first-order valence-electron chi connectivity index (χ1n) is 4.71. The van der Waals surface area contributed by atoms with Crippen LogP contribution in [0.1, 0.15) is 17.3 Å². The summed E-state index contributed by atoms with van der Waals surface area (Å²) in [6, 6.07) is 8.56. The highest BCUT2D eigenvalue weighted by Gasteiger charge is 2.11. The van der Waals surface area contributed by atoms with E-state index in [4.69, 9.17) is 10.8 Å². The molecule has 1 aromatic heterocycles. The molecule has 1 atom stereocenters. The molecule has 0 radical (unpaired) electrons. The lowest BCUT2D eigenvalue weighted by molar-refractivity contribution is 0.475. The second kappa shape index (κ2) is 3.74. The van der Waals surface area contributed by atoms with Crippen molar-refractivity contribution in [2.45, 2.75) is 6.04 Å². The third-order valence-corrected chi connectivity index (χ3v) is 2.43. The minimum Gasteiger partial charge on any atom is -0.508 e. The smallest absolute Gasteiger partial charge is 0.115 e. The molecule has 2 rings (SSSR count). The maximum absolute atomic E-state index is 9.17. The molecule has 0 fully saturated rings. The highest BCUT2D eigenvalue weighted by molar-refractivity contribution is 5.32. The Kier molecular flexibility index (Phi) is 2.43. The van der Waals surface area contributed by atoms with E-state index in [0.717, 1.165) is 11.3 Å². The third-order valence-electron chi connectivity index (χ3n) is 2.43. The molecule has 2 aromatic rings. The zero-order valence-corrected chi connectivity index (χ0v) is 8.46. The summed E-state index contributed by atoms with van der Waals surface area (Å²) in [5.41, 5.74) is 7.97. The SMILES string of the molecule is Cn1nccc1C(N)c1ccc(O)cc1. The summed E-state index contributed by atoms with van der Waals surface area (Å²) in [4.78, 5) is 0. The Bertz CT molecular complexity index is 447. The molecule has 0 saturated carbocycles. The zero-order chi connectivity index (χ0) is 10.8. The summed E-state index contributed by atoms with van der Waals surface area (Å²) in [6.07, 6.45) is 1.72. The van der Waals surface area contributed by atoms with Crippen molar-refractivity contribution >= 4 is 0 Å². The molecule has 4 nitrogen and oxygen atoms in total. The van der Waals surface area contributed by atoms with Crippen LogP contribution in [-0.2, 0) is 7.05 Å². The van der Waals surface area contributed by atoms with Crippen LogP contribution in [0.4, 0.5) is 0 Å². The molecule has 1 heterocycles. The Morgan fingerprint density at radius 1 is 1.27 bits per heavy atom. The van der Waals surface area contributed by atoms with E-state index >= 15 is 0 Å². The highest BCUT2D eigenvalue weighted by atomic mass is 16.3. The van der Waals surface area contributed by atoms with Crippen LogP contribution in [0.15, 0.2) is 36.5 Å². The predicted molar refractivity (Wildman–Crippen MR) is 57.3 cm³/mol. The lowest BCUT2D eigenvalue weighted by Crippen LogP contribution is -2.15. The molecule has 0 aliphatic rings. The van der Waals surface area contributed by atoms with Crippen molar-refractivity contribution in [3.8, 4) is 5.75 Å². The zero-order valence-electron chi connectivity index (χ0n) is 8.46. The maximum Gasteiger partial charge on any atom is 0.115 e. The van der Waals surface area contributed by atoms with Gasteiger partial charge in [0.25, 0.3) is 0 Å². The van der Waals surface area contributed by atoms with Crippen LogP contribution in [0.5, 0.6) is 5.75 Å². The lowest BCUT2D eigenvalue weighted by atomic mass is 10.0. The number of aryl methyl sites for hydroxylation is 1. The van der Waals surface area contributed by atoms with E-state index < -0.39 is 0 Å². The second-order valence-electron chi connectivity index (χ2n) is 3.45. The summed E-state index contributed by atoms with van der Waals surface area (Å²) in [7, 11) is 1.86. The van der Waals surface area contributed by atoms with Gasteiger partial charge in [0, 0.05) is 13.2 Å². The van der Waals surface area contributed by atoms with Gasteiger partial charge < -0.3 is 10.8 Å². The standard InChI is InChI=1S/C11H13N3O/c1-14-10(6-7-13-14)11(12)8-2-4-9(15)5-3-8/h2-7,11,15H,12H2,1H3. The number of hydrogen-bond acceptors (Lipinski definition) is 3. The number of phenols is 1. The van der Waals surface area contributed by atoms with Crippen LogP contribution < -0.4 is 5.73 Å². The Hall–Kier alpha value is -1.81. The van der Waals surface area contributed by atoms with Crippen molar-refractivity contribution in [3.05, 3.63) is 47.8 Å². The minimum absolute atomic E-state index is 0.210. The van der Waals surface area contributed by atoms with Gasteiger partial charge in [-0.3, -0.25) is 4.68 Å². The molecule has 4 heteroatoms. The minimum atomic E-state index is -0.210. The summed E-state index contributed by atoms with van der Waals surface area (Å²) in [5, 5.41) is 13.2. The van der Waals surface area contributed by atoms with E-state index in [2.05, 4.69) is 5.10 Å². The lowest BCUT2D eigenvalue weighted by Gasteiger charge is -2.12. The molecule has 0 amide bonds. The Morgan fingerprint density at radius 3 is 2.47 bits per heavy atom. The van der Waals surface area contributed by atoms with Crippen LogP contribution in [0.25, 0.3) is 0 Å². The van der Waals surface area contributed by atoms with Crippen LogP contribution >= 0.6 is 0 Å². The Labute approximate surface area is 88.0 Å². The fourth-order valence-corrected chi connectivity index (χ4v) is 1.54. The highest BCUT2D eigenvalue weighted by Crippen LogP contribution is 2.20. The van der Waals surface area contributed by atoms with E-state index in [1.165, 1.54) is 0 Å². The van der Waals surface area contributed by atoms with Crippen molar-refractivity contribution in [2.24, 2.45) is 12.8 Å². The first-order valence-corrected chi connectivity index (χ1v) is 4.71. The van der Waals surface area contributed by atoms with Crippen molar-refractivity contribution in [2.75, 3.05) is 0 Å². The quantitative estimate of drug-likeness (QED) is 0.770. The van der Waals surface area contributed by atoms with E-state index in [0.29, 0.717) is 0 Å². The number of aromatic hydroxyl groups is 1. The van der Waals surface area contributed by atoms with Crippen LogP contribution in [0, 0.1) is 0 Å². The summed E-state index contributed by atoms with van der Waals surface area (Å²) in [5.74, 6) is 0.246. The normalized spacial score (nSPS) is 12.7. The molecule has 78 valence electrons. The van der Waals surface area contributed by atoms with Gasteiger partial charge >= 0.3 is 0 Å². The summed E-state index contributed by atoms with van der Waals surface area (Å²) < 4.78 is 1.75. The monoisotopic (exact) mass is 203 g/mol. The summed E-state index contributed by atoms with van der Waals surface area (Å²) >= 11 is 0. The number of hydrogen-bond donors (Lipinski definition) is 2. The van der Waals surface area contributed by atoms with Gasteiger partial charge in [-0.2, -0.15) is 5.10 Å². The fourth-order valence-electron chi connectivity index (χ4n) is 1.54. The van der Waals surface area contributed by atoms with Crippen LogP contribution in [0.2, 0.25) is 0 Å². The number of phenolic OH excluding ortho intramolecular Hbond substituents is 1. The number of nitrogens with zero attached hydrogens (tertiary/aromatic N) is 2. The largest absolute Gasteiger partial charge is 0.508 e. The number of rotatable bonds is 2. The van der Waals surface area contributed by atoms with Gasteiger partial charge in [-0.15, -0.1) is 0 Å². The average molecular weight is 203 g/mol. The van der Waals surface area contributed by atoms with Crippen molar-refractivity contribution in [1.82, 2.24) is 9.78 Å². The van der Waals surface area contributed by atoms with Gasteiger partial charge in [-0.25, -0.2) is 0 Å². The number of nitrogens with two attached hydrogens (primary N) is 1. The Morgan fingerprint density at radius 2 is 1.93 bits per heavy atom. The predicted octanol–water partition coefficient (Wildman–Crippen LogP) is 1.17. The van der Waals surface area contributed by atoms with Crippen LogP contribution in [0.3, 0.4) is 0 Å². The molecule has 3 N–H and O–H groups in total. The summed E-state index contributed by atoms with van der Waals surface area (Å²) in [6.45, 7) is 0. The molecule has 0 aliphatic heterocycles. The van der Waals surface area contributed by atoms with Gasteiger partial charge in [0.2, 0.25) is 0 Å². The third kappa shape index (κ3) is 1.85. The van der Waals surface area contributed by atoms with E-state index in [1.54, 1.807) is 23.0 Å². The first kappa shape index (κ1) is 9.73. The van der Waals surface area contributed by atoms with Gasteiger partial charge in [-0.1, -0.05) is 12.1 Å². The molecular formula is C11H13N3O.